The summed E-state index contributed by atoms with van der Waals surface area (Å²) >= 11 is 0. The zero-order valence-electron chi connectivity index (χ0n) is 22.7. The van der Waals surface area contributed by atoms with Gasteiger partial charge in [0.05, 0.1) is 30.4 Å². The van der Waals surface area contributed by atoms with Crippen LogP contribution in [-0.4, -0.2) is 65.4 Å². The van der Waals surface area contributed by atoms with Gasteiger partial charge in [-0.2, -0.15) is 5.10 Å². The van der Waals surface area contributed by atoms with Crippen molar-refractivity contribution in [1.82, 2.24) is 20.4 Å². The van der Waals surface area contributed by atoms with Gasteiger partial charge in [-0.15, -0.1) is 0 Å². The largest absolute Gasteiger partial charge is 0.378 e. The molecule has 0 radical (unpaired) electrons. The lowest BCUT2D eigenvalue weighted by Crippen LogP contribution is -2.68. The number of primary amides is 1. The van der Waals surface area contributed by atoms with Crippen molar-refractivity contribution in [2.75, 3.05) is 31.2 Å². The predicted octanol–water partition coefficient (Wildman–Crippen LogP) is 1.91. The highest BCUT2D eigenvalue weighted by molar-refractivity contribution is 5.99. The molecule has 5 fully saturated rings. The van der Waals surface area contributed by atoms with Crippen molar-refractivity contribution >= 4 is 29.7 Å². The zero-order valence-corrected chi connectivity index (χ0v) is 22.7. The number of nitrogens with zero attached hydrogens (tertiary/aromatic N) is 3. The summed E-state index contributed by atoms with van der Waals surface area (Å²) in [6.45, 7) is 8.17. The summed E-state index contributed by atoms with van der Waals surface area (Å²) < 4.78 is 7.29. The van der Waals surface area contributed by atoms with E-state index in [-0.39, 0.29) is 34.6 Å². The number of ether oxygens (including phenoxy) is 1. The van der Waals surface area contributed by atoms with Gasteiger partial charge in [0.1, 0.15) is 11.4 Å². The third kappa shape index (κ3) is 3.55. The monoisotopic (exact) mass is 524 g/mol. The Morgan fingerprint density at radius 1 is 1.24 bits per heavy atom. The summed E-state index contributed by atoms with van der Waals surface area (Å²) in [6.07, 6.45) is 10.7. The number of aromatic nitrogens is 2. The van der Waals surface area contributed by atoms with E-state index in [0.29, 0.717) is 56.0 Å². The fraction of sp³-hybridized carbons (Fsp3) is 0.714. The van der Waals surface area contributed by atoms with Crippen molar-refractivity contribution in [2.45, 2.75) is 70.9 Å². The number of hydrogen-bond acceptors (Lipinski definition) is 6. The van der Waals surface area contributed by atoms with Crippen LogP contribution >= 0.6 is 0 Å². The van der Waals surface area contributed by atoms with Crippen molar-refractivity contribution in [2.24, 2.45) is 34.3 Å². The van der Waals surface area contributed by atoms with Gasteiger partial charge in [-0.1, -0.05) is 6.92 Å². The molecule has 4 saturated carbocycles. The molecule has 38 heavy (non-hydrogen) atoms. The minimum Gasteiger partial charge on any atom is -0.378 e. The van der Waals surface area contributed by atoms with E-state index in [0.717, 1.165) is 37.9 Å². The average Bonchev–Trinajstić information content (AvgIpc) is 3.62. The Kier molecular flexibility index (Phi) is 5.90. The summed E-state index contributed by atoms with van der Waals surface area (Å²) in [5, 5.41) is 10.9. The second kappa shape index (κ2) is 8.83. The van der Waals surface area contributed by atoms with Crippen LogP contribution in [0.25, 0.3) is 6.20 Å². The molecule has 5 aliphatic rings. The SMILES string of the molecule is CCC(=O)NC(C)(C)/C=C/n1ncc(C(=O)N[C@H]2C3CCC4(C(N)=O)CC5C[C@@H]2C34C5)c1N1CCOCC1. The molecule has 10 heteroatoms. The number of rotatable bonds is 8. The lowest BCUT2D eigenvalue weighted by molar-refractivity contribution is -0.154. The maximum absolute atomic E-state index is 13.8. The molecule has 1 aromatic heterocycles. The topological polar surface area (TPSA) is 132 Å². The molecule has 6 rings (SSSR count). The second-order valence-electron chi connectivity index (χ2n) is 12.6. The first-order valence-electron chi connectivity index (χ1n) is 14.1. The van der Waals surface area contributed by atoms with Gasteiger partial charge in [-0.05, 0) is 75.2 Å². The molecule has 1 aromatic rings. The Balaban J connectivity index is 1.25. The van der Waals surface area contributed by atoms with Crippen LogP contribution in [0.5, 0.6) is 0 Å². The maximum atomic E-state index is 13.8. The van der Waals surface area contributed by atoms with Gasteiger partial charge in [0.15, 0.2) is 0 Å². The van der Waals surface area contributed by atoms with E-state index in [2.05, 4.69) is 20.6 Å². The molecule has 4 N–H and O–H groups in total. The summed E-state index contributed by atoms with van der Waals surface area (Å²) in [5.74, 6) is 1.66. The molecule has 10 nitrogen and oxygen atoms in total. The number of nitrogens with two attached hydrogens (primary N) is 1. The van der Waals surface area contributed by atoms with Gasteiger partial charge >= 0.3 is 0 Å². The Morgan fingerprint density at radius 3 is 2.71 bits per heavy atom. The zero-order chi connectivity index (χ0) is 26.9. The van der Waals surface area contributed by atoms with Gasteiger partial charge in [0.2, 0.25) is 11.8 Å². The van der Waals surface area contributed by atoms with Gasteiger partial charge in [0, 0.05) is 31.8 Å². The molecule has 4 unspecified atom stereocenters. The number of carbonyl (C=O) groups is 3. The number of morpholine rings is 1. The number of carbonyl (C=O) groups excluding carboxylic acids is 3. The Bertz CT molecular complexity index is 1180. The minimum atomic E-state index is -0.568. The van der Waals surface area contributed by atoms with Gasteiger partial charge in [-0.25, -0.2) is 4.68 Å². The van der Waals surface area contributed by atoms with Gasteiger partial charge in [-0.3, -0.25) is 14.4 Å². The first-order chi connectivity index (χ1) is 18.1. The Labute approximate surface area is 223 Å². The van der Waals surface area contributed by atoms with Crippen LogP contribution in [0.4, 0.5) is 5.82 Å². The summed E-state index contributed by atoms with van der Waals surface area (Å²) in [5.41, 5.74) is 5.60. The molecule has 6 atom stereocenters. The van der Waals surface area contributed by atoms with Crippen LogP contribution in [0.2, 0.25) is 0 Å². The van der Waals surface area contributed by atoms with Crippen LogP contribution < -0.4 is 21.3 Å². The number of fused-ring (bicyclic) bond motifs is 1. The quantitative estimate of drug-likeness (QED) is 0.476. The molecule has 0 aromatic carbocycles. The number of anilines is 1. The molecular weight excluding hydrogens is 484 g/mol. The summed E-state index contributed by atoms with van der Waals surface area (Å²) in [7, 11) is 0. The van der Waals surface area contributed by atoms with Crippen molar-refractivity contribution in [1.29, 1.82) is 0 Å². The lowest BCUT2D eigenvalue weighted by atomic mass is 9.45. The van der Waals surface area contributed by atoms with Crippen LogP contribution in [0.1, 0.15) is 69.7 Å². The van der Waals surface area contributed by atoms with Crippen LogP contribution in [0, 0.1) is 28.6 Å². The van der Waals surface area contributed by atoms with E-state index in [1.165, 1.54) is 0 Å². The van der Waals surface area contributed by atoms with Crippen molar-refractivity contribution in [3.05, 3.63) is 17.8 Å². The highest BCUT2D eigenvalue weighted by Crippen LogP contribution is 2.82. The van der Waals surface area contributed by atoms with E-state index in [9.17, 15) is 14.4 Å². The first-order valence-corrected chi connectivity index (χ1v) is 14.1. The van der Waals surface area contributed by atoms with Crippen molar-refractivity contribution in [3.63, 3.8) is 0 Å². The minimum absolute atomic E-state index is 0.00406. The third-order valence-electron chi connectivity index (χ3n) is 10.3. The predicted molar refractivity (Wildman–Crippen MR) is 142 cm³/mol. The molecule has 2 heterocycles. The van der Waals surface area contributed by atoms with Crippen molar-refractivity contribution in [3.8, 4) is 0 Å². The molecule has 4 aliphatic carbocycles. The van der Waals surface area contributed by atoms with E-state index in [1.807, 2.05) is 33.0 Å². The fourth-order valence-electron chi connectivity index (χ4n) is 8.92. The molecule has 3 amide bonds. The number of amides is 3. The van der Waals surface area contributed by atoms with Crippen LogP contribution in [0.15, 0.2) is 12.3 Å². The third-order valence-corrected chi connectivity index (χ3v) is 10.3. The van der Waals surface area contributed by atoms with Crippen LogP contribution in [-0.2, 0) is 14.3 Å². The Hall–Kier alpha value is -2.88. The Morgan fingerprint density at radius 2 is 2.00 bits per heavy atom. The standard InChI is InChI=1S/C28H40N6O4/c1-4-21(35)32-26(2,3)7-8-34-24(33-9-11-38-12-10-33)18(16-30-34)23(36)31-22-19-5-6-27(25(29)37)14-17-13-20(22)28(19,27)15-17/h7-8,16-17,19-20,22H,4-6,9-15H2,1-3H3,(H2,29,37)(H,31,36)(H,32,35)/b8-7+/t17?,19?,20-,22-,27?,28?/m0/s1. The molecule has 2 bridgehead atoms. The smallest absolute Gasteiger partial charge is 0.256 e. The van der Waals surface area contributed by atoms with Crippen molar-refractivity contribution < 1.29 is 19.1 Å². The molecule has 1 aliphatic heterocycles. The summed E-state index contributed by atoms with van der Waals surface area (Å²) in [4.78, 5) is 40.5. The highest BCUT2D eigenvalue weighted by atomic mass is 16.5. The molecule has 1 spiro atoms. The lowest BCUT2D eigenvalue weighted by Gasteiger charge is -2.61. The number of hydrogen-bond donors (Lipinski definition) is 3. The van der Waals surface area contributed by atoms with E-state index in [4.69, 9.17) is 10.5 Å². The summed E-state index contributed by atoms with van der Waals surface area (Å²) in [6, 6.07) is 0.0774. The normalized spacial score (nSPS) is 35.3. The first kappa shape index (κ1) is 25.4. The van der Waals surface area contributed by atoms with E-state index in [1.54, 1.807) is 10.9 Å². The maximum Gasteiger partial charge on any atom is 0.256 e. The number of nitrogens with one attached hydrogen (secondary N) is 2. The van der Waals surface area contributed by atoms with Gasteiger partial charge in [0.25, 0.3) is 5.91 Å². The van der Waals surface area contributed by atoms with E-state index >= 15 is 0 Å². The second-order valence-corrected chi connectivity index (χ2v) is 12.6. The highest BCUT2D eigenvalue weighted by Gasteiger charge is 2.81. The molecule has 1 saturated heterocycles. The molecular formula is C28H40N6O4. The van der Waals surface area contributed by atoms with Gasteiger partial charge < -0.3 is 26.0 Å². The fourth-order valence-corrected chi connectivity index (χ4v) is 8.92. The van der Waals surface area contributed by atoms with Crippen LogP contribution in [0.3, 0.4) is 0 Å². The average molecular weight is 525 g/mol. The van der Waals surface area contributed by atoms with E-state index < -0.39 is 5.54 Å². The molecule has 206 valence electrons.